The summed E-state index contributed by atoms with van der Waals surface area (Å²) < 4.78 is 46.1. The molecule has 0 radical (unpaired) electrons. The Morgan fingerprint density at radius 2 is 0.651 bits per heavy atom. The van der Waals surface area contributed by atoms with Crippen LogP contribution in [0.4, 0.5) is 0 Å². The van der Waals surface area contributed by atoms with Gasteiger partial charge in [0.25, 0.3) is 0 Å². The first-order valence-corrected chi connectivity index (χ1v) is 41.1. The minimum atomic E-state index is -0.338. The van der Waals surface area contributed by atoms with Gasteiger partial charge in [0, 0.05) is 49.9 Å². The number of hydrogen-bond acceptors (Lipinski definition) is 10. The van der Waals surface area contributed by atoms with E-state index in [9.17, 15) is 4.79 Å². The van der Waals surface area contributed by atoms with Gasteiger partial charge in [0.2, 0.25) is 0 Å². The summed E-state index contributed by atoms with van der Waals surface area (Å²) in [5, 5.41) is 0. The highest BCUT2D eigenvalue weighted by molar-refractivity contribution is 6.00. The van der Waals surface area contributed by atoms with Gasteiger partial charge in [0.05, 0.1) is 69.0 Å². The molecule has 0 amide bonds. The number of aromatic nitrogens is 4. The number of hydrogen-bond donors (Lipinski definition) is 2. The van der Waals surface area contributed by atoms with Gasteiger partial charge in [-0.15, -0.1) is 0 Å². The van der Waals surface area contributed by atoms with E-state index in [1.807, 2.05) is 0 Å². The summed E-state index contributed by atoms with van der Waals surface area (Å²) in [5.74, 6) is 6.50. The highest BCUT2D eigenvalue weighted by Crippen LogP contribution is 2.43. The van der Waals surface area contributed by atoms with Crippen LogP contribution in [0.1, 0.15) is 253 Å². The summed E-state index contributed by atoms with van der Waals surface area (Å²) in [5.41, 5.74) is 14.8. The molecule has 0 aliphatic carbocycles. The van der Waals surface area contributed by atoms with Crippen LogP contribution in [-0.4, -0.2) is 72.2 Å². The largest absolute Gasteiger partial charge is 0.494 e. The van der Waals surface area contributed by atoms with Gasteiger partial charge in [-0.05, 0) is 214 Å². The Morgan fingerprint density at radius 1 is 0.349 bits per heavy atom. The van der Waals surface area contributed by atoms with E-state index in [0.717, 1.165) is 252 Å². The maximum absolute atomic E-state index is 11.9. The lowest BCUT2D eigenvalue weighted by atomic mass is 10.00. The molecule has 0 fully saturated rings. The fraction of sp³-hybridized carbons (Fsp3) is 0.500. The highest BCUT2D eigenvalue weighted by Gasteiger charge is 2.24. The van der Waals surface area contributed by atoms with Crippen molar-refractivity contribution < 1.29 is 38.0 Å². The Balaban J connectivity index is 1.28. The number of aromatic amines is 2. The average molecular weight is 1440 g/mol. The van der Waals surface area contributed by atoms with Crippen molar-refractivity contribution in [3.8, 4) is 79.0 Å². The summed E-state index contributed by atoms with van der Waals surface area (Å²) in [4.78, 5) is 31.5. The van der Waals surface area contributed by atoms with E-state index in [2.05, 4.69) is 219 Å². The normalized spacial score (nSPS) is 13.3. The Bertz CT molecular complexity index is 4020. The number of nitrogens with zero attached hydrogens (tertiary/aromatic N) is 2. The fourth-order valence-electron chi connectivity index (χ4n) is 14.2. The van der Waals surface area contributed by atoms with E-state index in [1.54, 1.807) is 6.92 Å². The van der Waals surface area contributed by atoms with Crippen LogP contribution in [0.15, 0.2) is 121 Å². The van der Waals surface area contributed by atoms with Crippen LogP contribution < -0.4 is 28.4 Å². The molecule has 5 unspecified atom stereocenters. The number of carbonyl (C=O) groups is 1. The molecule has 5 atom stereocenters. The molecule has 3 aromatic heterocycles. The molecule has 12 nitrogen and oxygen atoms in total. The third kappa shape index (κ3) is 23.3. The molecule has 2 N–H and O–H groups in total. The average Bonchev–Trinajstić information content (AvgIpc) is 1.60. The number of esters is 1. The fourth-order valence-corrected chi connectivity index (χ4v) is 14.2. The van der Waals surface area contributed by atoms with Crippen LogP contribution in [0.3, 0.4) is 0 Å². The van der Waals surface area contributed by atoms with Gasteiger partial charge in [-0.3, -0.25) is 0 Å². The molecular formula is C94H126N4O8. The zero-order chi connectivity index (χ0) is 75.0. The maximum Gasteiger partial charge on any atom is 0.333 e. The molecular weight excluding hydrogens is 1310 g/mol. The SMILES string of the molecule is C=C(C)C(=O)OCCCCCCOc1ccc(-c2c3nc(c(-c4ccc(OCC(CC)CCCC)c(OCC(CC)CCCC)c4)c4ccc([nH]4)c(-c4ccc(OCC(CC)CCCC)cc4)c4nc(c(-c5ccc(OCC(CC)CCCC)c(OCC(CC)CCCC)c5)c5ccc2[nH]5)C=C4)C=C3)cc1. The smallest absolute Gasteiger partial charge is 0.333 e. The summed E-state index contributed by atoms with van der Waals surface area (Å²) in [6.45, 7) is 32.1. The highest BCUT2D eigenvalue weighted by atomic mass is 16.5. The van der Waals surface area contributed by atoms with Crippen LogP contribution in [0.25, 0.3) is 90.9 Å². The Kier molecular flexibility index (Phi) is 33.3. The van der Waals surface area contributed by atoms with Crippen LogP contribution in [0.2, 0.25) is 0 Å². The van der Waals surface area contributed by atoms with E-state index >= 15 is 0 Å². The third-order valence-electron chi connectivity index (χ3n) is 21.5. The molecule has 2 aliphatic heterocycles. The first kappa shape index (κ1) is 81.6. The second kappa shape index (κ2) is 43.3. The van der Waals surface area contributed by atoms with Crippen molar-refractivity contribution in [2.75, 3.05) is 46.2 Å². The minimum absolute atomic E-state index is 0.338. The summed E-state index contributed by atoms with van der Waals surface area (Å²) in [6, 6.07) is 38.8. The van der Waals surface area contributed by atoms with Gasteiger partial charge in [0.1, 0.15) is 11.5 Å². The second-order valence-electron chi connectivity index (χ2n) is 29.7. The maximum atomic E-state index is 11.9. The number of rotatable bonds is 48. The van der Waals surface area contributed by atoms with Crippen molar-refractivity contribution in [1.82, 2.24) is 19.9 Å². The standard InChI is InChI=1S/C94H126N4O8/c1-13-23-32-67(18-6)61-102-77-45-39-73(40-46-77)91-80-49-53-84(97-80)92(74-41-55-86(103-62-68(19-7)33-24-14-2)88(59-74)105-64-70(21-9)35-26-16-4)82-51-47-78(95-82)90(72-37-43-76(44-38-72)100-57-30-28-29-31-58-101-94(99)66(11)12)79-48-52-83(96-79)93(85-54-50-81(91)98-85)75-42-56-87(104-63-69(20-8)34-25-15-3)89(60-75)106-65-71(22-10)36-27-17-5/h37-56,59-60,67-71,95,98H,11,13-36,57-58,61-65H2,1-10,12H3. The van der Waals surface area contributed by atoms with Gasteiger partial charge >= 0.3 is 5.97 Å². The molecule has 106 heavy (non-hydrogen) atoms. The number of benzene rings is 4. The summed E-state index contributed by atoms with van der Waals surface area (Å²) in [7, 11) is 0. The molecule has 9 rings (SSSR count). The lowest BCUT2D eigenvalue weighted by Gasteiger charge is -2.21. The van der Waals surface area contributed by atoms with Gasteiger partial charge in [-0.1, -0.05) is 209 Å². The molecule has 2 aliphatic rings. The molecule has 4 aromatic carbocycles. The Labute approximate surface area is 636 Å². The van der Waals surface area contributed by atoms with E-state index in [-0.39, 0.29) is 5.97 Å². The van der Waals surface area contributed by atoms with E-state index in [0.29, 0.717) is 81.4 Å². The number of unbranched alkanes of at least 4 members (excludes halogenated alkanes) is 8. The first-order chi connectivity index (χ1) is 51.8. The quantitative estimate of drug-likeness (QED) is 0.0215. The Hall–Kier alpha value is -8.51. The zero-order valence-electron chi connectivity index (χ0n) is 66.4. The molecule has 5 heterocycles. The van der Waals surface area contributed by atoms with Gasteiger partial charge in [0.15, 0.2) is 23.0 Å². The predicted molar refractivity (Wildman–Crippen MR) is 444 cm³/mol. The zero-order valence-corrected chi connectivity index (χ0v) is 66.4. The molecule has 0 spiro atoms. The molecule has 0 saturated heterocycles. The van der Waals surface area contributed by atoms with Gasteiger partial charge in [-0.2, -0.15) is 0 Å². The van der Waals surface area contributed by atoms with Crippen molar-refractivity contribution in [1.29, 1.82) is 0 Å². The molecule has 12 heteroatoms. The monoisotopic (exact) mass is 1440 g/mol. The van der Waals surface area contributed by atoms with Crippen molar-refractivity contribution in [2.45, 2.75) is 230 Å². The molecule has 570 valence electrons. The molecule has 8 bridgehead atoms. The first-order valence-electron chi connectivity index (χ1n) is 41.1. The van der Waals surface area contributed by atoms with Crippen molar-refractivity contribution in [2.24, 2.45) is 29.6 Å². The second-order valence-corrected chi connectivity index (χ2v) is 29.7. The number of nitrogens with one attached hydrogen (secondary N) is 2. The topological polar surface area (TPSA) is 139 Å². The lowest BCUT2D eigenvalue weighted by Crippen LogP contribution is -2.14. The summed E-state index contributed by atoms with van der Waals surface area (Å²) in [6.07, 6.45) is 34.8. The number of carbonyl (C=O) groups excluding carboxylic acids is 1. The van der Waals surface area contributed by atoms with Crippen LogP contribution in [0.5, 0.6) is 34.5 Å². The molecule has 0 saturated carbocycles. The number of ether oxygens (including phenoxy) is 7. The van der Waals surface area contributed by atoms with E-state index in [1.165, 1.54) is 25.7 Å². The minimum Gasteiger partial charge on any atom is -0.494 e. The van der Waals surface area contributed by atoms with E-state index in [4.69, 9.17) is 43.1 Å². The van der Waals surface area contributed by atoms with Gasteiger partial charge < -0.3 is 43.1 Å². The number of fused-ring (bicyclic) bond motifs is 8. The van der Waals surface area contributed by atoms with Crippen LogP contribution in [0, 0.1) is 29.6 Å². The van der Waals surface area contributed by atoms with Crippen LogP contribution in [-0.2, 0) is 9.53 Å². The van der Waals surface area contributed by atoms with Gasteiger partial charge in [-0.25, -0.2) is 14.8 Å². The number of H-pyrrole nitrogens is 2. The van der Waals surface area contributed by atoms with E-state index < -0.39 is 0 Å². The Morgan fingerprint density at radius 3 is 0.981 bits per heavy atom. The summed E-state index contributed by atoms with van der Waals surface area (Å²) >= 11 is 0. The predicted octanol–water partition coefficient (Wildman–Crippen LogP) is 26.4. The van der Waals surface area contributed by atoms with Crippen LogP contribution >= 0.6 is 0 Å². The third-order valence-corrected chi connectivity index (χ3v) is 21.5. The van der Waals surface area contributed by atoms with Crippen molar-refractivity contribution >= 4 is 52.3 Å². The molecule has 7 aromatic rings. The van der Waals surface area contributed by atoms with Crippen molar-refractivity contribution in [3.63, 3.8) is 0 Å². The lowest BCUT2D eigenvalue weighted by molar-refractivity contribution is -0.139. The van der Waals surface area contributed by atoms with Crippen molar-refractivity contribution in [3.05, 3.63) is 144 Å².